The summed E-state index contributed by atoms with van der Waals surface area (Å²) in [6.07, 6.45) is 4.86. The van der Waals surface area contributed by atoms with E-state index in [1.54, 1.807) is 7.11 Å². The summed E-state index contributed by atoms with van der Waals surface area (Å²) in [5, 5.41) is 0. The summed E-state index contributed by atoms with van der Waals surface area (Å²) >= 11 is 0. The summed E-state index contributed by atoms with van der Waals surface area (Å²) in [5.41, 5.74) is 6.09. The number of aryl methyl sites for hydroxylation is 1. The standard InChI is InChI=1S/C13H23N3O/c1-5-6-11(16-14)7-12-10(3)13(17-4)9(2)8-15-12/h8,11,16H,5-7,14H2,1-4H3. The first-order valence-electron chi connectivity index (χ1n) is 6.09. The second-order valence-electron chi connectivity index (χ2n) is 4.40. The van der Waals surface area contributed by atoms with Gasteiger partial charge in [0.1, 0.15) is 5.75 Å². The van der Waals surface area contributed by atoms with Gasteiger partial charge in [0.15, 0.2) is 0 Å². The van der Waals surface area contributed by atoms with Crippen molar-refractivity contribution in [2.75, 3.05) is 7.11 Å². The Bertz CT molecular complexity index is 366. The topological polar surface area (TPSA) is 60.2 Å². The first-order chi connectivity index (χ1) is 8.13. The Morgan fingerprint density at radius 1 is 1.47 bits per heavy atom. The lowest BCUT2D eigenvalue weighted by Gasteiger charge is -2.17. The number of hydrogen-bond donors (Lipinski definition) is 2. The van der Waals surface area contributed by atoms with E-state index in [9.17, 15) is 0 Å². The molecule has 0 spiro atoms. The van der Waals surface area contributed by atoms with Gasteiger partial charge in [0.25, 0.3) is 0 Å². The van der Waals surface area contributed by atoms with Gasteiger partial charge in [0.05, 0.1) is 7.11 Å². The molecule has 0 fully saturated rings. The van der Waals surface area contributed by atoms with Gasteiger partial charge >= 0.3 is 0 Å². The first-order valence-corrected chi connectivity index (χ1v) is 6.09. The van der Waals surface area contributed by atoms with Crippen molar-refractivity contribution in [1.29, 1.82) is 0 Å². The summed E-state index contributed by atoms with van der Waals surface area (Å²) < 4.78 is 5.40. The zero-order valence-corrected chi connectivity index (χ0v) is 11.2. The minimum atomic E-state index is 0.276. The van der Waals surface area contributed by atoms with E-state index in [0.717, 1.165) is 41.8 Å². The molecule has 1 atom stereocenters. The fourth-order valence-corrected chi connectivity index (χ4v) is 2.10. The van der Waals surface area contributed by atoms with Gasteiger partial charge in [0, 0.05) is 35.5 Å². The number of nitrogens with zero attached hydrogens (tertiary/aromatic N) is 1. The molecule has 17 heavy (non-hydrogen) atoms. The molecule has 96 valence electrons. The molecule has 1 rings (SSSR count). The van der Waals surface area contributed by atoms with Crippen LogP contribution in [0, 0.1) is 13.8 Å². The number of pyridine rings is 1. The number of nitrogens with two attached hydrogens (primary N) is 1. The highest BCUT2D eigenvalue weighted by molar-refractivity contribution is 5.41. The number of hydrogen-bond acceptors (Lipinski definition) is 4. The molecular weight excluding hydrogens is 214 g/mol. The molecule has 0 aromatic carbocycles. The van der Waals surface area contributed by atoms with Crippen molar-refractivity contribution >= 4 is 0 Å². The van der Waals surface area contributed by atoms with Gasteiger partial charge in [-0.15, -0.1) is 0 Å². The van der Waals surface area contributed by atoms with Gasteiger partial charge in [-0.25, -0.2) is 0 Å². The van der Waals surface area contributed by atoms with Gasteiger partial charge < -0.3 is 4.74 Å². The van der Waals surface area contributed by atoms with Crippen LogP contribution in [0.5, 0.6) is 5.75 Å². The van der Waals surface area contributed by atoms with Crippen LogP contribution in [-0.2, 0) is 6.42 Å². The summed E-state index contributed by atoms with van der Waals surface area (Å²) in [5.74, 6) is 6.48. The molecule has 1 unspecified atom stereocenters. The lowest BCUT2D eigenvalue weighted by atomic mass is 10.0. The van der Waals surface area contributed by atoms with E-state index < -0.39 is 0 Å². The molecule has 4 heteroatoms. The van der Waals surface area contributed by atoms with Crippen LogP contribution in [-0.4, -0.2) is 18.1 Å². The molecule has 4 nitrogen and oxygen atoms in total. The van der Waals surface area contributed by atoms with Gasteiger partial charge in [-0.05, 0) is 20.3 Å². The molecule has 0 bridgehead atoms. The molecule has 0 amide bonds. The second kappa shape index (κ2) is 6.57. The molecule has 1 heterocycles. The van der Waals surface area contributed by atoms with E-state index >= 15 is 0 Å². The first kappa shape index (κ1) is 13.9. The van der Waals surface area contributed by atoms with Crippen LogP contribution in [0.3, 0.4) is 0 Å². The van der Waals surface area contributed by atoms with E-state index in [0.29, 0.717) is 0 Å². The average molecular weight is 237 g/mol. The lowest BCUT2D eigenvalue weighted by Crippen LogP contribution is -2.37. The van der Waals surface area contributed by atoms with Crippen LogP contribution in [0.2, 0.25) is 0 Å². The number of methoxy groups -OCH3 is 1. The third-order valence-corrected chi connectivity index (χ3v) is 3.06. The maximum Gasteiger partial charge on any atom is 0.128 e. The van der Waals surface area contributed by atoms with Crippen molar-refractivity contribution in [2.45, 2.75) is 46.1 Å². The number of hydrazine groups is 1. The zero-order chi connectivity index (χ0) is 12.8. The van der Waals surface area contributed by atoms with Crippen molar-refractivity contribution < 1.29 is 4.74 Å². The van der Waals surface area contributed by atoms with Crippen molar-refractivity contribution in [1.82, 2.24) is 10.4 Å². The van der Waals surface area contributed by atoms with Crippen LogP contribution in [0.25, 0.3) is 0 Å². The second-order valence-corrected chi connectivity index (χ2v) is 4.40. The Morgan fingerprint density at radius 3 is 2.71 bits per heavy atom. The summed E-state index contributed by atoms with van der Waals surface area (Å²) in [4.78, 5) is 4.48. The van der Waals surface area contributed by atoms with Crippen molar-refractivity contribution in [2.24, 2.45) is 5.84 Å². The Kier molecular flexibility index (Phi) is 5.38. The molecule has 0 radical (unpaired) electrons. The maximum atomic E-state index is 5.55. The van der Waals surface area contributed by atoms with Gasteiger partial charge in [-0.3, -0.25) is 16.3 Å². The molecular formula is C13H23N3O. The largest absolute Gasteiger partial charge is 0.496 e. The van der Waals surface area contributed by atoms with Gasteiger partial charge in [-0.2, -0.15) is 0 Å². The third kappa shape index (κ3) is 3.41. The van der Waals surface area contributed by atoms with Crippen LogP contribution >= 0.6 is 0 Å². The molecule has 0 saturated heterocycles. The highest BCUT2D eigenvalue weighted by Crippen LogP contribution is 2.24. The number of ether oxygens (including phenoxy) is 1. The van der Waals surface area contributed by atoms with Crippen LogP contribution < -0.4 is 16.0 Å². The van der Waals surface area contributed by atoms with E-state index in [1.165, 1.54) is 0 Å². The summed E-state index contributed by atoms with van der Waals surface area (Å²) in [6, 6.07) is 0.276. The Morgan fingerprint density at radius 2 is 2.18 bits per heavy atom. The number of nitrogens with one attached hydrogen (secondary N) is 1. The molecule has 1 aromatic rings. The van der Waals surface area contributed by atoms with Gasteiger partial charge in [0.2, 0.25) is 0 Å². The van der Waals surface area contributed by atoms with E-state index in [-0.39, 0.29) is 6.04 Å². The van der Waals surface area contributed by atoms with E-state index in [4.69, 9.17) is 10.6 Å². The third-order valence-electron chi connectivity index (χ3n) is 3.06. The van der Waals surface area contributed by atoms with Crippen molar-refractivity contribution in [3.8, 4) is 5.75 Å². The quantitative estimate of drug-likeness (QED) is 0.586. The predicted octanol–water partition coefficient (Wildman–Crippen LogP) is 1.88. The Hall–Kier alpha value is -1.13. The molecule has 1 aromatic heterocycles. The normalized spacial score (nSPS) is 12.5. The van der Waals surface area contributed by atoms with E-state index in [1.807, 2.05) is 20.0 Å². The molecule has 0 aliphatic heterocycles. The minimum absolute atomic E-state index is 0.276. The fraction of sp³-hybridized carbons (Fsp3) is 0.615. The fourth-order valence-electron chi connectivity index (χ4n) is 2.10. The lowest BCUT2D eigenvalue weighted by molar-refractivity contribution is 0.405. The van der Waals surface area contributed by atoms with Crippen LogP contribution in [0.4, 0.5) is 0 Å². The van der Waals surface area contributed by atoms with Crippen LogP contribution in [0.1, 0.15) is 36.6 Å². The van der Waals surface area contributed by atoms with E-state index in [2.05, 4.69) is 17.3 Å². The molecule has 0 saturated carbocycles. The summed E-state index contributed by atoms with van der Waals surface area (Å²) in [6.45, 7) is 6.21. The molecule has 3 N–H and O–H groups in total. The van der Waals surface area contributed by atoms with Crippen molar-refractivity contribution in [3.05, 3.63) is 23.0 Å². The highest BCUT2D eigenvalue weighted by atomic mass is 16.5. The Balaban J connectivity index is 2.91. The highest BCUT2D eigenvalue weighted by Gasteiger charge is 2.13. The van der Waals surface area contributed by atoms with Gasteiger partial charge in [-0.1, -0.05) is 13.3 Å². The SMILES string of the molecule is CCCC(Cc1ncc(C)c(OC)c1C)NN. The number of rotatable bonds is 6. The predicted molar refractivity (Wildman–Crippen MR) is 70.0 cm³/mol. The monoisotopic (exact) mass is 237 g/mol. The maximum absolute atomic E-state index is 5.55. The Labute approximate surface area is 104 Å². The minimum Gasteiger partial charge on any atom is -0.496 e. The zero-order valence-electron chi connectivity index (χ0n) is 11.2. The smallest absolute Gasteiger partial charge is 0.128 e. The number of aromatic nitrogens is 1. The van der Waals surface area contributed by atoms with Crippen LogP contribution in [0.15, 0.2) is 6.20 Å². The van der Waals surface area contributed by atoms with Crippen molar-refractivity contribution in [3.63, 3.8) is 0 Å². The average Bonchev–Trinajstić information content (AvgIpc) is 2.32. The molecule has 0 aliphatic carbocycles. The summed E-state index contributed by atoms with van der Waals surface area (Å²) in [7, 11) is 1.70. The molecule has 0 aliphatic rings.